The first kappa shape index (κ1) is 14.7. The second-order valence-corrected chi connectivity index (χ2v) is 5.74. The molecule has 1 aliphatic rings. The molecule has 0 saturated carbocycles. The van der Waals surface area contributed by atoms with E-state index in [4.69, 9.17) is 4.84 Å². The lowest BCUT2D eigenvalue weighted by molar-refractivity contribution is 0.0729. The van der Waals surface area contributed by atoms with E-state index >= 15 is 0 Å². The Hall–Kier alpha value is -1.69. The summed E-state index contributed by atoms with van der Waals surface area (Å²) in [6.07, 6.45) is 5.04. The second kappa shape index (κ2) is 7.19. The third-order valence-corrected chi connectivity index (χ3v) is 4.17. The number of hydrogen-bond acceptors (Lipinski definition) is 5. The number of carbonyl (C=O) groups is 1. The molecule has 0 unspecified atom stereocenters. The average molecular weight is 293 g/mol. The second-order valence-electron chi connectivity index (χ2n) is 4.62. The van der Waals surface area contributed by atoms with Crippen molar-refractivity contribution in [1.82, 2.24) is 4.90 Å². The van der Waals surface area contributed by atoms with E-state index in [1.807, 2.05) is 17.0 Å². The van der Waals surface area contributed by atoms with Crippen LogP contribution in [0.5, 0.6) is 0 Å². The standard InChI is InChI=1S/C14H19N3O2S/c1-11(15-2)19-16-10-12-6-7-13(20-12)14(18)17-8-4-3-5-9-17/h6-7,10H,3-5,8-9H2,1-2H3/b15-11?,16-10+. The first-order valence-corrected chi connectivity index (χ1v) is 7.55. The van der Waals surface area contributed by atoms with E-state index in [0.29, 0.717) is 5.90 Å². The van der Waals surface area contributed by atoms with Crippen molar-refractivity contribution < 1.29 is 9.63 Å². The molecular weight excluding hydrogens is 274 g/mol. The average Bonchev–Trinajstić information content (AvgIpc) is 2.96. The van der Waals surface area contributed by atoms with Crippen molar-refractivity contribution in [3.63, 3.8) is 0 Å². The molecule has 20 heavy (non-hydrogen) atoms. The highest BCUT2D eigenvalue weighted by molar-refractivity contribution is 7.15. The molecule has 1 aromatic rings. The van der Waals surface area contributed by atoms with Gasteiger partial charge in [-0.25, -0.2) is 0 Å². The minimum Gasteiger partial charge on any atom is -0.342 e. The van der Waals surface area contributed by atoms with Crippen LogP contribution in [0.3, 0.4) is 0 Å². The Bertz CT molecular complexity index is 516. The highest BCUT2D eigenvalue weighted by Gasteiger charge is 2.19. The van der Waals surface area contributed by atoms with Gasteiger partial charge in [0.1, 0.15) is 0 Å². The number of carbonyl (C=O) groups excluding carboxylic acids is 1. The normalized spacial score (nSPS) is 16.7. The molecule has 1 aliphatic heterocycles. The lowest BCUT2D eigenvalue weighted by Crippen LogP contribution is -2.35. The van der Waals surface area contributed by atoms with Crippen molar-refractivity contribution in [2.75, 3.05) is 20.1 Å². The summed E-state index contributed by atoms with van der Waals surface area (Å²) in [6, 6.07) is 3.73. The van der Waals surface area contributed by atoms with Crippen LogP contribution in [0.25, 0.3) is 0 Å². The molecule has 1 saturated heterocycles. The molecule has 0 radical (unpaired) electrons. The van der Waals surface area contributed by atoms with E-state index in [1.165, 1.54) is 17.8 Å². The Morgan fingerprint density at radius 1 is 1.35 bits per heavy atom. The molecule has 5 nitrogen and oxygen atoms in total. The predicted octanol–water partition coefficient (Wildman–Crippen LogP) is 2.77. The van der Waals surface area contributed by atoms with Gasteiger partial charge in [-0.3, -0.25) is 9.79 Å². The third-order valence-electron chi connectivity index (χ3n) is 3.16. The SMILES string of the molecule is CN=C(C)O/N=C/c1ccc(C(=O)N2CCCCC2)s1. The number of aliphatic imine (C=N–C) groups is 1. The highest BCUT2D eigenvalue weighted by Crippen LogP contribution is 2.19. The van der Waals surface area contributed by atoms with E-state index in [1.54, 1.807) is 20.2 Å². The molecule has 0 bridgehead atoms. The monoisotopic (exact) mass is 293 g/mol. The van der Waals surface area contributed by atoms with Crippen LogP contribution >= 0.6 is 11.3 Å². The van der Waals surface area contributed by atoms with Crippen molar-refractivity contribution in [1.29, 1.82) is 0 Å². The van der Waals surface area contributed by atoms with Crippen LogP contribution in [0.1, 0.15) is 40.7 Å². The van der Waals surface area contributed by atoms with Crippen molar-refractivity contribution in [2.45, 2.75) is 26.2 Å². The van der Waals surface area contributed by atoms with Gasteiger partial charge >= 0.3 is 0 Å². The Balaban J connectivity index is 1.96. The zero-order valence-electron chi connectivity index (χ0n) is 11.8. The molecule has 1 amide bonds. The smallest absolute Gasteiger partial charge is 0.263 e. The summed E-state index contributed by atoms with van der Waals surface area (Å²) < 4.78 is 0. The van der Waals surface area contributed by atoms with E-state index in [-0.39, 0.29) is 5.91 Å². The Kier molecular flexibility index (Phi) is 5.29. The number of hydrogen-bond donors (Lipinski definition) is 0. The fraction of sp³-hybridized carbons (Fsp3) is 0.500. The zero-order valence-corrected chi connectivity index (χ0v) is 12.7. The molecule has 0 atom stereocenters. The van der Waals surface area contributed by atoms with Crippen LogP contribution < -0.4 is 0 Å². The first-order chi connectivity index (χ1) is 9.70. The van der Waals surface area contributed by atoms with Gasteiger partial charge in [0.2, 0.25) is 5.90 Å². The lowest BCUT2D eigenvalue weighted by atomic mass is 10.1. The van der Waals surface area contributed by atoms with Gasteiger partial charge in [0.15, 0.2) is 0 Å². The Morgan fingerprint density at radius 2 is 2.10 bits per heavy atom. The molecule has 0 aliphatic carbocycles. The number of piperidine rings is 1. The minimum absolute atomic E-state index is 0.126. The molecule has 0 N–H and O–H groups in total. The summed E-state index contributed by atoms with van der Waals surface area (Å²) in [6.45, 7) is 3.47. The fourth-order valence-electron chi connectivity index (χ4n) is 1.99. The topological polar surface area (TPSA) is 54.3 Å². The minimum atomic E-state index is 0.126. The van der Waals surface area contributed by atoms with Gasteiger partial charge in [-0.05, 0) is 31.4 Å². The third kappa shape index (κ3) is 3.90. The molecule has 0 spiro atoms. The van der Waals surface area contributed by atoms with Crippen LogP contribution in [-0.2, 0) is 4.84 Å². The van der Waals surface area contributed by atoms with Crippen LogP contribution in [0.15, 0.2) is 22.3 Å². The zero-order chi connectivity index (χ0) is 14.4. The summed E-state index contributed by atoms with van der Waals surface area (Å²) in [5.74, 6) is 0.629. The summed E-state index contributed by atoms with van der Waals surface area (Å²) in [5.41, 5.74) is 0. The number of rotatable bonds is 3. The molecule has 2 rings (SSSR count). The quantitative estimate of drug-likeness (QED) is 0.489. The fourth-order valence-corrected chi connectivity index (χ4v) is 2.82. The van der Waals surface area contributed by atoms with E-state index < -0.39 is 0 Å². The van der Waals surface area contributed by atoms with Crippen molar-refractivity contribution in [3.05, 3.63) is 21.9 Å². The number of oxime groups is 1. The Morgan fingerprint density at radius 3 is 2.80 bits per heavy atom. The van der Waals surface area contributed by atoms with Crippen LogP contribution in [-0.4, -0.2) is 43.1 Å². The van der Waals surface area contributed by atoms with E-state index in [9.17, 15) is 4.79 Å². The van der Waals surface area contributed by atoms with Crippen molar-refractivity contribution in [3.8, 4) is 0 Å². The van der Waals surface area contributed by atoms with Crippen LogP contribution in [0.4, 0.5) is 0 Å². The first-order valence-electron chi connectivity index (χ1n) is 6.73. The van der Waals surface area contributed by atoms with Gasteiger partial charge in [0, 0.05) is 31.9 Å². The van der Waals surface area contributed by atoms with Gasteiger partial charge in [-0.2, -0.15) is 0 Å². The maximum Gasteiger partial charge on any atom is 0.263 e. The summed E-state index contributed by atoms with van der Waals surface area (Å²) in [5, 5.41) is 3.83. The van der Waals surface area contributed by atoms with Gasteiger partial charge in [0.25, 0.3) is 5.91 Å². The maximum atomic E-state index is 12.3. The summed E-state index contributed by atoms with van der Waals surface area (Å²) in [4.78, 5) is 24.7. The highest BCUT2D eigenvalue weighted by atomic mass is 32.1. The molecule has 6 heteroatoms. The molecular formula is C14H19N3O2S. The Labute approximate surface area is 122 Å². The van der Waals surface area contributed by atoms with E-state index in [0.717, 1.165) is 35.7 Å². The van der Waals surface area contributed by atoms with Crippen molar-refractivity contribution in [2.24, 2.45) is 10.1 Å². The van der Waals surface area contributed by atoms with Gasteiger partial charge in [0.05, 0.1) is 11.1 Å². The largest absolute Gasteiger partial charge is 0.342 e. The predicted molar refractivity (Wildman–Crippen MR) is 81.8 cm³/mol. The summed E-state index contributed by atoms with van der Waals surface area (Å²) >= 11 is 1.43. The number of nitrogens with zero attached hydrogens (tertiary/aromatic N) is 3. The lowest BCUT2D eigenvalue weighted by Gasteiger charge is -2.26. The summed E-state index contributed by atoms with van der Waals surface area (Å²) in [7, 11) is 1.64. The van der Waals surface area contributed by atoms with Crippen LogP contribution in [0.2, 0.25) is 0 Å². The number of thiophene rings is 1. The number of likely N-dealkylation sites (tertiary alicyclic amines) is 1. The van der Waals surface area contributed by atoms with Gasteiger partial charge in [-0.15, -0.1) is 11.3 Å². The number of amides is 1. The molecule has 0 aromatic carbocycles. The van der Waals surface area contributed by atoms with Crippen LogP contribution in [0, 0.1) is 0 Å². The molecule has 1 fully saturated rings. The molecule has 2 heterocycles. The van der Waals surface area contributed by atoms with Gasteiger partial charge in [-0.1, -0.05) is 5.16 Å². The maximum absolute atomic E-state index is 12.3. The molecule has 108 valence electrons. The van der Waals surface area contributed by atoms with Crippen molar-refractivity contribution >= 4 is 29.4 Å². The van der Waals surface area contributed by atoms with E-state index in [2.05, 4.69) is 10.1 Å². The molecule has 1 aromatic heterocycles. The van der Waals surface area contributed by atoms with Gasteiger partial charge < -0.3 is 9.74 Å².